The third-order valence-electron chi connectivity index (χ3n) is 3.18. The van der Waals surface area contributed by atoms with E-state index in [1.165, 1.54) is 0 Å². The van der Waals surface area contributed by atoms with E-state index in [1.54, 1.807) is 0 Å². The maximum Gasteiger partial charge on any atom is 0.225 e. The molecule has 4 heteroatoms. The first-order chi connectivity index (χ1) is 6.77. The standard InChI is InChI=1S/C10H18N2O2/c13-9-2-1-8(7-9)10(14)12-5-3-11-4-6-12/h8-9,11,13H,1-7H2. The fourth-order valence-corrected chi connectivity index (χ4v) is 2.33. The molecule has 0 bridgehead atoms. The Morgan fingerprint density at radius 2 is 2.00 bits per heavy atom. The number of amides is 1. The lowest BCUT2D eigenvalue weighted by Gasteiger charge is -2.29. The van der Waals surface area contributed by atoms with Gasteiger partial charge in [0.15, 0.2) is 0 Å². The summed E-state index contributed by atoms with van der Waals surface area (Å²) in [6, 6.07) is 0. The quantitative estimate of drug-likeness (QED) is 0.601. The molecule has 2 fully saturated rings. The number of nitrogens with zero attached hydrogens (tertiary/aromatic N) is 1. The Morgan fingerprint density at radius 1 is 1.29 bits per heavy atom. The number of carbonyl (C=O) groups is 1. The van der Waals surface area contributed by atoms with E-state index < -0.39 is 0 Å². The van der Waals surface area contributed by atoms with Crippen LogP contribution in [-0.4, -0.2) is 48.2 Å². The fourth-order valence-electron chi connectivity index (χ4n) is 2.33. The van der Waals surface area contributed by atoms with E-state index in [0.717, 1.165) is 39.0 Å². The normalized spacial score (nSPS) is 33.4. The lowest BCUT2D eigenvalue weighted by Crippen LogP contribution is -2.48. The zero-order valence-electron chi connectivity index (χ0n) is 8.41. The Morgan fingerprint density at radius 3 is 2.57 bits per heavy atom. The molecule has 2 N–H and O–H groups in total. The summed E-state index contributed by atoms with van der Waals surface area (Å²) in [4.78, 5) is 13.9. The second-order valence-electron chi connectivity index (χ2n) is 4.24. The van der Waals surface area contributed by atoms with Crippen molar-refractivity contribution in [2.45, 2.75) is 25.4 Å². The topological polar surface area (TPSA) is 52.6 Å². The maximum atomic E-state index is 11.9. The second kappa shape index (κ2) is 4.28. The van der Waals surface area contributed by atoms with Crippen LogP contribution in [0.2, 0.25) is 0 Å². The Labute approximate surface area is 84.3 Å². The highest BCUT2D eigenvalue weighted by molar-refractivity contribution is 5.79. The van der Waals surface area contributed by atoms with Gasteiger partial charge in [0.05, 0.1) is 6.10 Å². The molecule has 1 heterocycles. The number of aliphatic hydroxyl groups is 1. The summed E-state index contributed by atoms with van der Waals surface area (Å²) in [6.45, 7) is 3.46. The molecular formula is C10H18N2O2. The molecule has 2 aliphatic rings. The van der Waals surface area contributed by atoms with Crippen LogP contribution in [0.3, 0.4) is 0 Å². The zero-order chi connectivity index (χ0) is 9.97. The minimum absolute atomic E-state index is 0.0862. The van der Waals surface area contributed by atoms with Gasteiger partial charge in [-0.2, -0.15) is 0 Å². The van der Waals surface area contributed by atoms with E-state index in [4.69, 9.17) is 0 Å². The Bertz CT molecular complexity index is 207. The molecule has 0 aromatic rings. The molecule has 2 rings (SSSR count). The Hall–Kier alpha value is -0.610. The molecule has 14 heavy (non-hydrogen) atoms. The number of aliphatic hydroxyl groups excluding tert-OH is 1. The number of carbonyl (C=O) groups excluding carboxylic acids is 1. The van der Waals surface area contributed by atoms with Gasteiger partial charge in [-0.15, -0.1) is 0 Å². The van der Waals surface area contributed by atoms with Crippen LogP contribution in [0.5, 0.6) is 0 Å². The molecule has 2 unspecified atom stereocenters. The van der Waals surface area contributed by atoms with Crippen LogP contribution in [0, 0.1) is 5.92 Å². The van der Waals surface area contributed by atoms with Crippen LogP contribution < -0.4 is 5.32 Å². The van der Waals surface area contributed by atoms with Crippen LogP contribution in [0.25, 0.3) is 0 Å². The van der Waals surface area contributed by atoms with Crippen LogP contribution >= 0.6 is 0 Å². The first kappa shape index (κ1) is 9.93. The van der Waals surface area contributed by atoms with Gasteiger partial charge in [0.25, 0.3) is 0 Å². The van der Waals surface area contributed by atoms with Crippen molar-refractivity contribution in [3.05, 3.63) is 0 Å². The van der Waals surface area contributed by atoms with E-state index in [0.29, 0.717) is 6.42 Å². The van der Waals surface area contributed by atoms with Gasteiger partial charge in [0.1, 0.15) is 0 Å². The van der Waals surface area contributed by atoms with Crippen molar-refractivity contribution in [3.63, 3.8) is 0 Å². The molecule has 1 aliphatic heterocycles. The van der Waals surface area contributed by atoms with Gasteiger partial charge in [-0.25, -0.2) is 0 Å². The van der Waals surface area contributed by atoms with Crippen LogP contribution in [0.4, 0.5) is 0 Å². The lowest BCUT2D eigenvalue weighted by molar-refractivity contribution is -0.136. The van der Waals surface area contributed by atoms with Gasteiger partial charge >= 0.3 is 0 Å². The highest BCUT2D eigenvalue weighted by Crippen LogP contribution is 2.27. The fraction of sp³-hybridized carbons (Fsp3) is 0.900. The summed E-state index contributed by atoms with van der Waals surface area (Å²) < 4.78 is 0. The Balaban J connectivity index is 1.87. The predicted molar refractivity (Wildman–Crippen MR) is 52.8 cm³/mol. The third kappa shape index (κ3) is 2.07. The van der Waals surface area contributed by atoms with Crippen molar-refractivity contribution in [1.82, 2.24) is 10.2 Å². The molecule has 80 valence electrons. The number of hydrogen-bond donors (Lipinski definition) is 2. The van der Waals surface area contributed by atoms with Gasteiger partial charge < -0.3 is 15.3 Å². The number of hydrogen-bond acceptors (Lipinski definition) is 3. The molecule has 1 amide bonds. The highest BCUT2D eigenvalue weighted by Gasteiger charge is 2.31. The van der Waals surface area contributed by atoms with Crippen LogP contribution in [0.1, 0.15) is 19.3 Å². The van der Waals surface area contributed by atoms with E-state index in [1.807, 2.05) is 4.90 Å². The van der Waals surface area contributed by atoms with Crippen LogP contribution in [0.15, 0.2) is 0 Å². The SMILES string of the molecule is O=C(C1CCC(O)C1)N1CCNCC1. The third-order valence-corrected chi connectivity index (χ3v) is 3.18. The van der Waals surface area contributed by atoms with Gasteiger partial charge in [0, 0.05) is 32.1 Å². The summed E-state index contributed by atoms with van der Waals surface area (Å²) in [7, 11) is 0. The number of nitrogens with one attached hydrogen (secondary N) is 1. The largest absolute Gasteiger partial charge is 0.393 e. The average molecular weight is 198 g/mol. The molecule has 0 radical (unpaired) electrons. The molecule has 0 aromatic carbocycles. The van der Waals surface area contributed by atoms with Crippen molar-refractivity contribution in [2.24, 2.45) is 5.92 Å². The number of piperazine rings is 1. The highest BCUT2D eigenvalue weighted by atomic mass is 16.3. The summed E-state index contributed by atoms with van der Waals surface area (Å²) in [5.74, 6) is 0.339. The van der Waals surface area contributed by atoms with E-state index in [-0.39, 0.29) is 17.9 Å². The summed E-state index contributed by atoms with van der Waals surface area (Å²) in [5.41, 5.74) is 0. The summed E-state index contributed by atoms with van der Waals surface area (Å²) in [5, 5.41) is 12.6. The first-order valence-electron chi connectivity index (χ1n) is 5.45. The monoisotopic (exact) mass is 198 g/mol. The Kier molecular flexibility index (Phi) is 3.03. The average Bonchev–Trinajstić information content (AvgIpc) is 2.65. The molecule has 1 saturated carbocycles. The zero-order valence-corrected chi connectivity index (χ0v) is 8.41. The van der Waals surface area contributed by atoms with Crippen LogP contribution in [-0.2, 0) is 4.79 Å². The van der Waals surface area contributed by atoms with Gasteiger partial charge in [0.2, 0.25) is 5.91 Å². The van der Waals surface area contributed by atoms with Gasteiger partial charge in [-0.05, 0) is 19.3 Å². The minimum atomic E-state index is -0.244. The molecular weight excluding hydrogens is 180 g/mol. The smallest absolute Gasteiger partial charge is 0.225 e. The van der Waals surface area contributed by atoms with E-state index in [9.17, 15) is 9.90 Å². The summed E-state index contributed by atoms with van der Waals surface area (Å²) in [6.07, 6.45) is 2.08. The maximum absolute atomic E-state index is 11.9. The predicted octanol–water partition coefficient (Wildman–Crippen LogP) is -0.421. The second-order valence-corrected chi connectivity index (χ2v) is 4.24. The van der Waals surface area contributed by atoms with E-state index >= 15 is 0 Å². The van der Waals surface area contributed by atoms with Crippen molar-refractivity contribution in [1.29, 1.82) is 0 Å². The number of rotatable bonds is 1. The first-order valence-corrected chi connectivity index (χ1v) is 5.45. The van der Waals surface area contributed by atoms with Gasteiger partial charge in [-0.1, -0.05) is 0 Å². The molecule has 4 nitrogen and oxygen atoms in total. The minimum Gasteiger partial charge on any atom is -0.393 e. The summed E-state index contributed by atoms with van der Waals surface area (Å²) >= 11 is 0. The van der Waals surface area contributed by atoms with Crippen molar-refractivity contribution < 1.29 is 9.90 Å². The molecule has 2 atom stereocenters. The molecule has 1 aliphatic carbocycles. The van der Waals surface area contributed by atoms with Crippen molar-refractivity contribution in [2.75, 3.05) is 26.2 Å². The molecule has 0 spiro atoms. The van der Waals surface area contributed by atoms with Crippen molar-refractivity contribution >= 4 is 5.91 Å². The lowest BCUT2D eigenvalue weighted by atomic mass is 10.1. The molecule has 0 aromatic heterocycles. The molecule has 1 saturated heterocycles. The van der Waals surface area contributed by atoms with Gasteiger partial charge in [-0.3, -0.25) is 4.79 Å². The van der Waals surface area contributed by atoms with E-state index in [2.05, 4.69) is 5.32 Å². The van der Waals surface area contributed by atoms with Crippen molar-refractivity contribution in [3.8, 4) is 0 Å².